The van der Waals surface area contributed by atoms with E-state index in [0.717, 1.165) is 16.4 Å². The van der Waals surface area contributed by atoms with Gasteiger partial charge in [-0.15, -0.1) is 16.4 Å². The largest absolute Gasteiger partial charge is 0.454 e. The maximum Gasteiger partial charge on any atom is 0.296 e. The first kappa shape index (κ1) is 20.8. The van der Waals surface area contributed by atoms with Crippen LogP contribution in [0.4, 0.5) is 5.88 Å². The molecule has 3 aromatic rings. The Kier molecular flexibility index (Phi) is 5.55. The number of aromatic nitrogens is 1. The molecule has 0 unspecified atom stereocenters. The van der Waals surface area contributed by atoms with Gasteiger partial charge in [0, 0.05) is 0 Å². The van der Waals surface area contributed by atoms with Crippen LogP contribution >= 0.6 is 27.3 Å². The van der Waals surface area contributed by atoms with E-state index in [4.69, 9.17) is 24.0 Å². The minimum atomic E-state index is -4.11. The van der Waals surface area contributed by atoms with Crippen molar-refractivity contribution < 1.29 is 32.0 Å². The number of primary sulfonamides is 1. The highest BCUT2D eigenvalue weighted by molar-refractivity contribution is 9.10. The molecule has 0 aliphatic carbocycles. The van der Waals surface area contributed by atoms with Crippen molar-refractivity contribution in [1.82, 2.24) is 5.16 Å². The summed E-state index contributed by atoms with van der Waals surface area (Å²) < 4.78 is 39.9. The van der Waals surface area contributed by atoms with Gasteiger partial charge in [0.05, 0.1) is 5.69 Å². The fraction of sp³-hybridized carbons (Fsp3) is 0.176. The van der Waals surface area contributed by atoms with Gasteiger partial charge >= 0.3 is 0 Å². The molecule has 10 nitrogen and oxygen atoms in total. The number of amides is 1. The van der Waals surface area contributed by atoms with Crippen molar-refractivity contribution in [3.63, 3.8) is 0 Å². The molecule has 158 valence electrons. The zero-order valence-electron chi connectivity index (χ0n) is 15.3. The zero-order valence-corrected chi connectivity index (χ0v) is 18.5. The Morgan fingerprint density at radius 2 is 2.10 bits per heavy atom. The van der Waals surface area contributed by atoms with E-state index in [2.05, 4.69) is 21.1 Å². The summed E-state index contributed by atoms with van der Waals surface area (Å²) in [6.07, 6.45) is 0. The lowest BCUT2D eigenvalue weighted by molar-refractivity contribution is 0.0547. The lowest BCUT2D eigenvalue weighted by Crippen LogP contribution is -2.32. The first-order valence-electron chi connectivity index (χ1n) is 8.33. The number of hydroxylamine groups is 1. The first-order valence-corrected chi connectivity index (χ1v) is 11.6. The molecule has 0 fully saturated rings. The molecule has 0 radical (unpaired) electrons. The number of nitrogens with two attached hydrogens (primary N) is 1. The summed E-state index contributed by atoms with van der Waals surface area (Å²) in [6, 6.07) is 6.44. The van der Waals surface area contributed by atoms with Crippen LogP contribution in [-0.4, -0.2) is 26.3 Å². The third-order valence-electron chi connectivity index (χ3n) is 4.07. The topological polar surface area (TPSA) is 134 Å². The molecule has 0 saturated carbocycles. The quantitative estimate of drug-likeness (QED) is 0.495. The van der Waals surface area contributed by atoms with Gasteiger partial charge in [-0.05, 0) is 52.0 Å². The summed E-state index contributed by atoms with van der Waals surface area (Å²) in [6.45, 7) is 1.74. The van der Waals surface area contributed by atoms with Crippen LogP contribution in [0.2, 0.25) is 0 Å². The Hall–Kier alpha value is -2.45. The Morgan fingerprint density at radius 1 is 1.33 bits per heavy atom. The summed E-state index contributed by atoms with van der Waals surface area (Å²) >= 11 is 4.21. The number of hydrogen-bond acceptors (Lipinski definition) is 9. The van der Waals surface area contributed by atoms with Gasteiger partial charge in [-0.3, -0.25) is 9.63 Å². The molecule has 0 spiro atoms. The maximum absolute atomic E-state index is 13.2. The number of anilines is 1. The minimum Gasteiger partial charge on any atom is -0.454 e. The number of sulfonamides is 1. The van der Waals surface area contributed by atoms with E-state index >= 15 is 0 Å². The van der Waals surface area contributed by atoms with Crippen LogP contribution in [0.15, 0.2) is 43.5 Å². The van der Waals surface area contributed by atoms with E-state index in [0.29, 0.717) is 27.2 Å². The van der Waals surface area contributed by atoms with Crippen LogP contribution < -0.4 is 19.7 Å². The maximum atomic E-state index is 13.2. The number of aryl methyl sites for hydroxylation is 1. The number of carbonyl (C=O) groups is 1. The van der Waals surface area contributed by atoms with Crippen LogP contribution in [0.5, 0.6) is 11.5 Å². The van der Waals surface area contributed by atoms with E-state index in [1.165, 1.54) is 11.4 Å². The van der Waals surface area contributed by atoms with Gasteiger partial charge in [0.1, 0.15) is 20.9 Å². The van der Waals surface area contributed by atoms with Crippen molar-refractivity contribution in [2.24, 2.45) is 5.14 Å². The molecule has 0 bridgehead atoms. The van der Waals surface area contributed by atoms with Crippen molar-refractivity contribution >= 4 is 49.1 Å². The summed E-state index contributed by atoms with van der Waals surface area (Å²) in [5.41, 5.74) is 1.16. The lowest BCUT2D eigenvalue weighted by Gasteiger charge is -2.19. The van der Waals surface area contributed by atoms with Crippen LogP contribution in [0.1, 0.15) is 20.9 Å². The summed E-state index contributed by atoms with van der Waals surface area (Å²) in [5.74, 6) is 0.357. The van der Waals surface area contributed by atoms with Crippen LogP contribution in [-0.2, 0) is 21.5 Å². The second-order valence-corrected chi connectivity index (χ2v) is 9.35. The third-order valence-corrected chi connectivity index (χ3v) is 6.97. The second kappa shape index (κ2) is 8.00. The Labute approximate surface area is 183 Å². The van der Waals surface area contributed by atoms with Crippen molar-refractivity contribution in [3.05, 3.63) is 50.3 Å². The van der Waals surface area contributed by atoms with Gasteiger partial charge in [-0.25, -0.2) is 13.6 Å². The predicted molar refractivity (Wildman–Crippen MR) is 109 cm³/mol. The highest BCUT2D eigenvalue weighted by Crippen LogP contribution is 2.35. The predicted octanol–water partition coefficient (Wildman–Crippen LogP) is 2.96. The fourth-order valence-electron chi connectivity index (χ4n) is 2.62. The number of ether oxygens (including phenoxy) is 2. The van der Waals surface area contributed by atoms with Crippen LogP contribution in [0.3, 0.4) is 0 Å². The molecule has 2 aromatic heterocycles. The second-order valence-electron chi connectivity index (χ2n) is 6.11. The normalized spacial score (nSPS) is 12.9. The smallest absolute Gasteiger partial charge is 0.296 e. The fourth-order valence-corrected chi connectivity index (χ4v) is 4.82. The van der Waals surface area contributed by atoms with Crippen molar-refractivity contribution in [2.75, 3.05) is 11.9 Å². The van der Waals surface area contributed by atoms with E-state index in [1.807, 2.05) is 0 Å². The number of fused-ring (bicyclic) bond motifs is 1. The average Bonchev–Trinajstić information content (AvgIpc) is 3.43. The van der Waals surface area contributed by atoms with Crippen molar-refractivity contribution in [2.45, 2.75) is 18.4 Å². The van der Waals surface area contributed by atoms with E-state index < -0.39 is 15.9 Å². The molecule has 1 aromatic carbocycles. The van der Waals surface area contributed by atoms with Gasteiger partial charge in [0.2, 0.25) is 16.8 Å². The van der Waals surface area contributed by atoms with Gasteiger partial charge in [0.25, 0.3) is 11.8 Å². The zero-order chi connectivity index (χ0) is 21.5. The average molecular weight is 516 g/mol. The monoisotopic (exact) mass is 515 g/mol. The number of thiophene rings is 1. The standard InChI is InChI=1S/C17H14BrN3O7S2/c1-9-14(18)17(28-20-9)21(16(22)15-13(4-5-29-15)30(19,23)24)27-7-10-2-3-11-12(6-10)26-8-25-11/h2-6H,7-8H2,1H3,(H2,19,23,24). The van der Waals surface area contributed by atoms with Crippen molar-refractivity contribution in [1.29, 1.82) is 0 Å². The molecule has 1 aliphatic rings. The molecule has 30 heavy (non-hydrogen) atoms. The highest BCUT2D eigenvalue weighted by atomic mass is 79.9. The molecular formula is C17H14BrN3O7S2. The molecule has 4 rings (SSSR count). The Morgan fingerprint density at radius 3 is 2.80 bits per heavy atom. The number of halogens is 1. The molecule has 3 heterocycles. The summed E-state index contributed by atoms with van der Waals surface area (Å²) in [4.78, 5) is 18.5. The van der Waals surface area contributed by atoms with Gasteiger partial charge in [-0.1, -0.05) is 11.2 Å². The van der Waals surface area contributed by atoms with E-state index in [1.54, 1.807) is 25.1 Å². The molecule has 0 saturated heterocycles. The van der Waals surface area contributed by atoms with Gasteiger partial charge in [-0.2, -0.15) is 0 Å². The lowest BCUT2D eigenvalue weighted by atomic mass is 10.2. The van der Waals surface area contributed by atoms with E-state index in [9.17, 15) is 13.2 Å². The van der Waals surface area contributed by atoms with Gasteiger partial charge < -0.3 is 14.0 Å². The number of nitrogens with zero attached hydrogens (tertiary/aromatic N) is 2. The molecule has 13 heteroatoms. The van der Waals surface area contributed by atoms with E-state index in [-0.39, 0.29) is 29.1 Å². The number of hydrogen-bond donors (Lipinski definition) is 1. The molecule has 2 N–H and O–H groups in total. The third kappa shape index (κ3) is 3.94. The Balaban J connectivity index is 1.66. The minimum absolute atomic E-state index is 0.0352. The number of benzene rings is 1. The van der Waals surface area contributed by atoms with Gasteiger partial charge in [0.15, 0.2) is 11.5 Å². The van der Waals surface area contributed by atoms with Crippen LogP contribution in [0.25, 0.3) is 0 Å². The SMILES string of the molecule is Cc1noc(N(OCc2ccc3c(c2)OCO3)C(=O)c2sccc2S(N)(=O)=O)c1Br. The highest BCUT2D eigenvalue weighted by Gasteiger charge is 2.31. The first-order chi connectivity index (χ1) is 14.3. The Bertz CT molecular complexity index is 1220. The molecule has 1 amide bonds. The molecule has 0 atom stereocenters. The van der Waals surface area contributed by atoms with Crippen LogP contribution in [0, 0.1) is 6.92 Å². The summed E-state index contributed by atoms with van der Waals surface area (Å²) in [5, 5.41) is 11.3. The summed E-state index contributed by atoms with van der Waals surface area (Å²) in [7, 11) is -4.11. The van der Waals surface area contributed by atoms with Crippen molar-refractivity contribution in [3.8, 4) is 11.5 Å². The number of rotatable bonds is 6. The number of carbonyl (C=O) groups excluding carboxylic acids is 1. The molecule has 1 aliphatic heterocycles. The molecular weight excluding hydrogens is 502 g/mol.